The lowest BCUT2D eigenvalue weighted by Crippen LogP contribution is -2.14. The lowest BCUT2D eigenvalue weighted by molar-refractivity contribution is -0.113. The normalized spacial score (nSPS) is 10.7. The van der Waals surface area contributed by atoms with Gasteiger partial charge in [0.1, 0.15) is 5.03 Å². The molecule has 0 atom stereocenters. The van der Waals surface area contributed by atoms with Gasteiger partial charge in [-0.15, -0.1) is 10.2 Å². The molecule has 1 heterocycles. The summed E-state index contributed by atoms with van der Waals surface area (Å²) in [5.41, 5.74) is 7.42. The molecule has 1 aromatic heterocycles. The van der Waals surface area contributed by atoms with Gasteiger partial charge in [-0.25, -0.2) is 0 Å². The lowest BCUT2D eigenvalue weighted by Gasteiger charge is -2.08. The molecule has 0 unspecified atom stereocenters. The second kappa shape index (κ2) is 8.35. The first-order valence-corrected chi connectivity index (χ1v) is 9.81. The van der Waals surface area contributed by atoms with Gasteiger partial charge in [0.25, 0.3) is 0 Å². The second-order valence-corrected chi connectivity index (χ2v) is 7.78. The number of carbonyl (C=O) groups excluding carboxylic acids is 1. The van der Waals surface area contributed by atoms with Gasteiger partial charge in [-0.05, 0) is 68.7 Å². The minimum Gasteiger partial charge on any atom is -0.325 e. The smallest absolute Gasteiger partial charge is 0.234 e. The minimum atomic E-state index is -0.0507. The maximum Gasteiger partial charge on any atom is 0.234 e. The zero-order valence-corrected chi connectivity index (χ0v) is 16.9. The fourth-order valence-electron chi connectivity index (χ4n) is 3.03. The average Bonchev–Trinajstić information content (AvgIpc) is 2.60. The standard InChI is InChI=1S/C22H23N3OS/c1-14-5-6-19(17(4)10-14)20-7-8-22(25-24-20)27-13-21(26)23-18-11-15(2)9-16(3)12-18/h5-12H,13H2,1-4H3,(H,23,26). The summed E-state index contributed by atoms with van der Waals surface area (Å²) in [5, 5.41) is 12.3. The first-order chi connectivity index (χ1) is 12.9. The first kappa shape index (κ1) is 19.1. The third kappa shape index (κ3) is 5.17. The summed E-state index contributed by atoms with van der Waals surface area (Å²) in [4.78, 5) is 12.2. The third-order valence-electron chi connectivity index (χ3n) is 4.15. The van der Waals surface area contributed by atoms with Gasteiger partial charge in [-0.2, -0.15) is 0 Å². The molecule has 0 aliphatic carbocycles. The van der Waals surface area contributed by atoms with Gasteiger partial charge in [0, 0.05) is 11.3 Å². The van der Waals surface area contributed by atoms with Crippen LogP contribution in [0, 0.1) is 27.7 Å². The Morgan fingerprint density at radius 1 is 0.889 bits per heavy atom. The van der Waals surface area contributed by atoms with E-state index in [1.807, 2.05) is 38.1 Å². The highest BCUT2D eigenvalue weighted by atomic mass is 32.2. The van der Waals surface area contributed by atoms with Gasteiger partial charge in [0.05, 0.1) is 11.4 Å². The Hall–Kier alpha value is -2.66. The van der Waals surface area contributed by atoms with E-state index in [-0.39, 0.29) is 5.91 Å². The summed E-state index contributed by atoms with van der Waals surface area (Å²) in [6, 6.07) is 16.2. The number of hydrogen-bond donors (Lipinski definition) is 1. The van der Waals surface area contributed by atoms with Crippen LogP contribution in [0.2, 0.25) is 0 Å². The van der Waals surface area contributed by atoms with E-state index in [1.165, 1.54) is 22.9 Å². The number of anilines is 1. The number of nitrogens with one attached hydrogen (secondary N) is 1. The van der Waals surface area contributed by atoms with Crippen LogP contribution in [0.4, 0.5) is 5.69 Å². The number of aromatic nitrogens is 2. The summed E-state index contributed by atoms with van der Waals surface area (Å²) in [7, 11) is 0. The van der Waals surface area contributed by atoms with Crippen molar-refractivity contribution in [3.05, 3.63) is 70.8 Å². The zero-order valence-electron chi connectivity index (χ0n) is 16.0. The Morgan fingerprint density at radius 2 is 1.63 bits per heavy atom. The van der Waals surface area contributed by atoms with E-state index in [9.17, 15) is 4.79 Å². The van der Waals surface area contributed by atoms with Crippen molar-refractivity contribution < 1.29 is 4.79 Å². The SMILES string of the molecule is Cc1cc(C)cc(NC(=O)CSc2ccc(-c3ccc(C)cc3C)nn2)c1. The summed E-state index contributed by atoms with van der Waals surface area (Å²) in [6.07, 6.45) is 0. The van der Waals surface area contributed by atoms with Crippen LogP contribution >= 0.6 is 11.8 Å². The van der Waals surface area contributed by atoms with Crippen molar-refractivity contribution in [1.29, 1.82) is 0 Å². The van der Waals surface area contributed by atoms with Crippen molar-refractivity contribution in [3.63, 3.8) is 0 Å². The third-order valence-corrected chi connectivity index (χ3v) is 5.07. The van der Waals surface area contributed by atoms with Crippen LogP contribution < -0.4 is 5.32 Å². The van der Waals surface area contributed by atoms with Crippen LogP contribution in [-0.2, 0) is 4.79 Å². The predicted octanol–water partition coefficient (Wildman–Crippen LogP) is 5.11. The van der Waals surface area contributed by atoms with E-state index in [1.54, 1.807) is 0 Å². The number of hydrogen-bond acceptors (Lipinski definition) is 4. The molecule has 3 rings (SSSR count). The van der Waals surface area contributed by atoms with Gasteiger partial charge in [0.2, 0.25) is 5.91 Å². The molecule has 5 heteroatoms. The highest BCUT2D eigenvalue weighted by molar-refractivity contribution is 7.99. The van der Waals surface area contributed by atoms with E-state index in [4.69, 9.17) is 0 Å². The molecular formula is C22H23N3OS. The van der Waals surface area contributed by atoms with E-state index in [0.717, 1.165) is 33.1 Å². The van der Waals surface area contributed by atoms with Crippen molar-refractivity contribution in [3.8, 4) is 11.3 Å². The minimum absolute atomic E-state index is 0.0507. The Kier molecular flexibility index (Phi) is 5.91. The Bertz CT molecular complexity index is 948. The molecule has 2 aromatic carbocycles. The summed E-state index contributed by atoms with van der Waals surface area (Å²) < 4.78 is 0. The second-order valence-electron chi connectivity index (χ2n) is 6.79. The molecule has 0 radical (unpaired) electrons. The lowest BCUT2D eigenvalue weighted by atomic mass is 10.0. The highest BCUT2D eigenvalue weighted by Gasteiger charge is 2.08. The van der Waals surface area contributed by atoms with E-state index < -0.39 is 0 Å². The fourth-order valence-corrected chi connectivity index (χ4v) is 3.64. The van der Waals surface area contributed by atoms with Crippen LogP contribution in [-0.4, -0.2) is 21.9 Å². The van der Waals surface area contributed by atoms with Crippen LogP contribution in [0.5, 0.6) is 0 Å². The average molecular weight is 378 g/mol. The molecule has 0 spiro atoms. The van der Waals surface area contributed by atoms with E-state index in [0.29, 0.717) is 5.75 Å². The topological polar surface area (TPSA) is 54.9 Å². The Balaban J connectivity index is 1.60. The van der Waals surface area contributed by atoms with Gasteiger partial charge in [-0.1, -0.05) is 41.6 Å². The molecule has 1 N–H and O–H groups in total. The fraction of sp³-hybridized carbons (Fsp3) is 0.227. The first-order valence-electron chi connectivity index (χ1n) is 8.83. The Morgan fingerprint density at radius 3 is 2.26 bits per heavy atom. The zero-order chi connectivity index (χ0) is 19.4. The number of thioether (sulfide) groups is 1. The predicted molar refractivity (Wildman–Crippen MR) is 112 cm³/mol. The molecule has 0 aliphatic heterocycles. The largest absolute Gasteiger partial charge is 0.325 e. The summed E-state index contributed by atoms with van der Waals surface area (Å²) >= 11 is 1.38. The van der Waals surface area contributed by atoms with Crippen LogP contribution in [0.1, 0.15) is 22.3 Å². The maximum absolute atomic E-state index is 12.2. The number of benzene rings is 2. The van der Waals surface area contributed by atoms with Crippen molar-refractivity contribution in [1.82, 2.24) is 10.2 Å². The molecule has 0 saturated heterocycles. The monoisotopic (exact) mass is 377 g/mol. The number of amides is 1. The Labute approximate surface area is 164 Å². The number of rotatable bonds is 5. The van der Waals surface area contributed by atoms with Crippen molar-refractivity contribution >= 4 is 23.4 Å². The maximum atomic E-state index is 12.2. The van der Waals surface area contributed by atoms with Gasteiger partial charge in [0.15, 0.2) is 0 Å². The molecule has 27 heavy (non-hydrogen) atoms. The molecule has 3 aromatic rings. The molecule has 0 fully saturated rings. The highest BCUT2D eigenvalue weighted by Crippen LogP contribution is 2.24. The molecule has 1 amide bonds. The van der Waals surface area contributed by atoms with Crippen molar-refractivity contribution in [2.45, 2.75) is 32.7 Å². The van der Waals surface area contributed by atoms with Crippen molar-refractivity contribution in [2.75, 3.05) is 11.1 Å². The van der Waals surface area contributed by atoms with Crippen LogP contribution in [0.25, 0.3) is 11.3 Å². The summed E-state index contributed by atoms with van der Waals surface area (Å²) in [6.45, 7) is 8.18. The van der Waals surface area contributed by atoms with E-state index in [2.05, 4.69) is 53.6 Å². The van der Waals surface area contributed by atoms with Crippen LogP contribution in [0.15, 0.2) is 53.6 Å². The molecule has 0 aliphatic rings. The van der Waals surface area contributed by atoms with E-state index >= 15 is 0 Å². The number of nitrogens with zero attached hydrogens (tertiary/aromatic N) is 2. The van der Waals surface area contributed by atoms with Crippen LogP contribution in [0.3, 0.4) is 0 Å². The molecule has 0 bridgehead atoms. The van der Waals surface area contributed by atoms with Crippen molar-refractivity contribution in [2.24, 2.45) is 0 Å². The van der Waals surface area contributed by atoms with Gasteiger partial charge in [-0.3, -0.25) is 4.79 Å². The molecule has 4 nitrogen and oxygen atoms in total. The molecule has 0 saturated carbocycles. The number of carbonyl (C=O) groups is 1. The quantitative estimate of drug-likeness (QED) is 0.628. The molecular weight excluding hydrogens is 354 g/mol. The number of aryl methyl sites for hydroxylation is 4. The van der Waals surface area contributed by atoms with Gasteiger partial charge >= 0.3 is 0 Å². The summed E-state index contributed by atoms with van der Waals surface area (Å²) in [5.74, 6) is 0.246. The van der Waals surface area contributed by atoms with Gasteiger partial charge < -0.3 is 5.32 Å². The molecule has 138 valence electrons.